The summed E-state index contributed by atoms with van der Waals surface area (Å²) in [6, 6.07) is 6.86. The molecular formula is C11H15NO3. The Morgan fingerprint density at radius 1 is 1.33 bits per heavy atom. The molecule has 1 aromatic carbocycles. The van der Waals surface area contributed by atoms with Gasteiger partial charge in [0, 0.05) is 19.2 Å². The maximum Gasteiger partial charge on any atom is 0.192 e. The van der Waals surface area contributed by atoms with Gasteiger partial charge in [0.1, 0.15) is 11.9 Å². The molecule has 0 saturated carbocycles. The highest BCUT2D eigenvalue weighted by Gasteiger charge is 2.17. The van der Waals surface area contributed by atoms with E-state index in [2.05, 4.69) is 0 Å². The molecule has 4 heteroatoms. The molecule has 0 aliphatic carbocycles. The van der Waals surface area contributed by atoms with Crippen LogP contribution in [0, 0.1) is 0 Å². The summed E-state index contributed by atoms with van der Waals surface area (Å²) in [5.74, 6) is 0.607. The lowest BCUT2D eigenvalue weighted by Gasteiger charge is -2.11. The van der Waals surface area contributed by atoms with E-state index >= 15 is 0 Å². The largest absolute Gasteiger partial charge is 0.497 e. The van der Waals surface area contributed by atoms with E-state index in [1.54, 1.807) is 31.4 Å². The molecule has 0 aliphatic rings. The molecule has 0 aromatic heterocycles. The second-order valence-electron chi connectivity index (χ2n) is 3.05. The summed E-state index contributed by atoms with van der Waals surface area (Å²) in [4.78, 5) is 11.8. The highest BCUT2D eigenvalue weighted by atomic mass is 16.5. The fraction of sp³-hybridized carbons (Fsp3) is 0.364. The minimum atomic E-state index is -0.571. The van der Waals surface area contributed by atoms with E-state index in [0.29, 0.717) is 11.3 Å². The molecule has 0 fully saturated rings. The summed E-state index contributed by atoms with van der Waals surface area (Å²) in [6.07, 6.45) is -0.571. The number of methoxy groups -OCH3 is 2. The van der Waals surface area contributed by atoms with Crippen molar-refractivity contribution < 1.29 is 14.3 Å². The van der Waals surface area contributed by atoms with Crippen LogP contribution in [0.15, 0.2) is 24.3 Å². The molecule has 1 aromatic rings. The van der Waals surface area contributed by atoms with Crippen LogP contribution in [-0.2, 0) is 4.74 Å². The first-order chi connectivity index (χ1) is 7.22. The van der Waals surface area contributed by atoms with Gasteiger partial charge >= 0.3 is 0 Å². The van der Waals surface area contributed by atoms with Gasteiger partial charge < -0.3 is 15.2 Å². The number of carbonyl (C=O) groups excluding carboxylic acids is 1. The summed E-state index contributed by atoms with van der Waals surface area (Å²) in [7, 11) is 3.05. The maximum atomic E-state index is 11.8. The summed E-state index contributed by atoms with van der Waals surface area (Å²) in [5.41, 5.74) is 5.98. The minimum Gasteiger partial charge on any atom is -0.497 e. The Morgan fingerprint density at radius 3 is 2.33 bits per heavy atom. The number of benzene rings is 1. The minimum absolute atomic E-state index is 0.109. The Hall–Kier alpha value is -1.39. The lowest BCUT2D eigenvalue weighted by atomic mass is 10.1. The number of Topliss-reactive ketones (excluding diaryl/α,β-unsaturated/α-hetero) is 1. The van der Waals surface area contributed by atoms with Gasteiger partial charge in [0.05, 0.1) is 7.11 Å². The van der Waals surface area contributed by atoms with E-state index in [1.807, 2.05) is 0 Å². The molecule has 1 rings (SSSR count). The molecule has 2 N–H and O–H groups in total. The first kappa shape index (κ1) is 11.7. The molecule has 82 valence electrons. The molecule has 0 heterocycles. The van der Waals surface area contributed by atoms with Gasteiger partial charge in [0.15, 0.2) is 5.78 Å². The van der Waals surface area contributed by atoms with Crippen molar-refractivity contribution in [2.24, 2.45) is 5.73 Å². The van der Waals surface area contributed by atoms with Crippen LogP contribution in [0.5, 0.6) is 5.75 Å². The van der Waals surface area contributed by atoms with Gasteiger partial charge in [0.2, 0.25) is 0 Å². The van der Waals surface area contributed by atoms with E-state index in [0.717, 1.165) is 0 Å². The van der Waals surface area contributed by atoms with Crippen molar-refractivity contribution in [2.75, 3.05) is 20.8 Å². The number of hydrogen-bond acceptors (Lipinski definition) is 4. The zero-order valence-corrected chi connectivity index (χ0v) is 8.90. The normalized spacial score (nSPS) is 12.2. The second kappa shape index (κ2) is 5.48. The van der Waals surface area contributed by atoms with E-state index in [1.165, 1.54) is 7.11 Å². The molecule has 0 radical (unpaired) electrons. The zero-order valence-electron chi connectivity index (χ0n) is 8.90. The van der Waals surface area contributed by atoms with Gasteiger partial charge in [-0.15, -0.1) is 0 Å². The van der Waals surface area contributed by atoms with Crippen LogP contribution in [0.25, 0.3) is 0 Å². The Bertz CT molecular complexity index is 317. The fourth-order valence-electron chi connectivity index (χ4n) is 1.25. The summed E-state index contributed by atoms with van der Waals surface area (Å²) >= 11 is 0. The van der Waals surface area contributed by atoms with Gasteiger partial charge in [-0.1, -0.05) is 0 Å². The number of hydrogen-bond donors (Lipinski definition) is 1. The fourth-order valence-corrected chi connectivity index (χ4v) is 1.25. The second-order valence-corrected chi connectivity index (χ2v) is 3.05. The first-order valence-corrected chi connectivity index (χ1v) is 4.64. The van der Waals surface area contributed by atoms with Gasteiger partial charge in [-0.25, -0.2) is 0 Å². The number of carbonyl (C=O) groups is 1. The molecule has 4 nitrogen and oxygen atoms in total. The number of ketones is 1. The van der Waals surface area contributed by atoms with Crippen LogP contribution in [0.4, 0.5) is 0 Å². The van der Waals surface area contributed by atoms with Crippen molar-refractivity contribution >= 4 is 5.78 Å². The van der Waals surface area contributed by atoms with Gasteiger partial charge in [-0.2, -0.15) is 0 Å². The van der Waals surface area contributed by atoms with Crippen molar-refractivity contribution in [1.82, 2.24) is 0 Å². The Morgan fingerprint density at radius 2 is 1.93 bits per heavy atom. The molecule has 1 atom stereocenters. The molecule has 15 heavy (non-hydrogen) atoms. The zero-order chi connectivity index (χ0) is 11.3. The lowest BCUT2D eigenvalue weighted by molar-refractivity contribution is 0.0630. The third kappa shape index (κ3) is 2.78. The number of rotatable bonds is 5. The van der Waals surface area contributed by atoms with Crippen LogP contribution < -0.4 is 10.5 Å². The number of ether oxygens (including phenoxy) is 2. The molecule has 1 unspecified atom stereocenters. The summed E-state index contributed by atoms with van der Waals surface area (Å²) in [6.45, 7) is 0.182. The molecule has 0 aliphatic heterocycles. The smallest absolute Gasteiger partial charge is 0.192 e. The first-order valence-electron chi connectivity index (χ1n) is 4.64. The molecule has 0 amide bonds. The van der Waals surface area contributed by atoms with E-state index < -0.39 is 6.10 Å². The predicted octanol–water partition coefficient (Wildman–Crippen LogP) is 0.852. The van der Waals surface area contributed by atoms with Crippen molar-refractivity contribution in [1.29, 1.82) is 0 Å². The van der Waals surface area contributed by atoms with E-state index in [9.17, 15) is 4.79 Å². The van der Waals surface area contributed by atoms with Crippen molar-refractivity contribution in [3.05, 3.63) is 29.8 Å². The standard InChI is InChI=1S/C11H15NO3/c1-14-9-5-3-8(4-6-9)11(13)10(7-12)15-2/h3-6,10H,7,12H2,1-2H3. The van der Waals surface area contributed by atoms with E-state index in [-0.39, 0.29) is 12.3 Å². The van der Waals surface area contributed by atoms with Crippen molar-refractivity contribution in [2.45, 2.75) is 6.10 Å². The quantitative estimate of drug-likeness (QED) is 0.730. The Kier molecular flexibility index (Phi) is 4.27. The summed E-state index contributed by atoms with van der Waals surface area (Å²) in [5, 5.41) is 0. The predicted molar refractivity (Wildman–Crippen MR) is 57.2 cm³/mol. The monoisotopic (exact) mass is 209 g/mol. The van der Waals surface area contributed by atoms with Crippen LogP contribution >= 0.6 is 0 Å². The third-order valence-corrected chi connectivity index (χ3v) is 2.17. The van der Waals surface area contributed by atoms with Crippen molar-refractivity contribution in [3.63, 3.8) is 0 Å². The molecule has 0 bridgehead atoms. The van der Waals surface area contributed by atoms with Gasteiger partial charge in [-0.3, -0.25) is 4.79 Å². The Labute approximate surface area is 89.0 Å². The van der Waals surface area contributed by atoms with Gasteiger partial charge in [0.25, 0.3) is 0 Å². The average molecular weight is 209 g/mol. The van der Waals surface area contributed by atoms with Crippen molar-refractivity contribution in [3.8, 4) is 5.75 Å². The SMILES string of the molecule is COc1ccc(C(=O)C(CN)OC)cc1. The molecule has 0 spiro atoms. The van der Waals surface area contributed by atoms with Crippen LogP contribution in [0.1, 0.15) is 10.4 Å². The summed E-state index contributed by atoms with van der Waals surface area (Å²) < 4.78 is 9.96. The van der Waals surface area contributed by atoms with Crippen LogP contribution in [0.3, 0.4) is 0 Å². The van der Waals surface area contributed by atoms with Crippen LogP contribution in [-0.4, -0.2) is 32.7 Å². The molecular weight excluding hydrogens is 194 g/mol. The number of nitrogens with two attached hydrogens (primary N) is 1. The van der Waals surface area contributed by atoms with Crippen LogP contribution in [0.2, 0.25) is 0 Å². The lowest BCUT2D eigenvalue weighted by Crippen LogP contribution is -2.31. The maximum absolute atomic E-state index is 11.8. The highest BCUT2D eigenvalue weighted by Crippen LogP contribution is 2.13. The van der Waals surface area contributed by atoms with E-state index in [4.69, 9.17) is 15.2 Å². The highest BCUT2D eigenvalue weighted by molar-refractivity contribution is 5.99. The average Bonchev–Trinajstić information content (AvgIpc) is 2.30. The third-order valence-electron chi connectivity index (χ3n) is 2.17. The molecule has 0 saturated heterocycles. The Balaban J connectivity index is 2.82. The topological polar surface area (TPSA) is 61.5 Å². The van der Waals surface area contributed by atoms with Gasteiger partial charge in [-0.05, 0) is 24.3 Å².